The van der Waals surface area contributed by atoms with Crippen molar-refractivity contribution in [1.82, 2.24) is 10.2 Å². The molecule has 1 fully saturated rings. The van der Waals surface area contributed by atoms with Gasteiger partial charge in [0.2, 0.25) is 11.8 Å². The van der Waals surface area contributed by atoms with Crippen molar-refractivity contribution in [3.8, 4) is 0 Å². The molecule has 0 radical (unpaired) electrons. The molecule has 0 bridgehead atoms. The highest BCUT2D eigenvalue weighted by atomic mass is 16.5. The Kier molecular flexibility index (Phi) is 10.7. The van der Waals surface area contributed by atoms with E-state index in [4.69, 9.17) is 4.74 Å². The van der Waals surface area contributed by atoms with E-state index in [9.17, 15) is 14.7 Å². The lowest BCUT2D eigenvalue weighted by Crippen LogP contribution is -2.43. The summed E-state index contributed by atoms with van der Waals surface area (Å²) in [6, 6.07) is 9.04. The zero-order valence-corrected chi connectivity index (χ0v) is 20.4. The standard InChI is InChI=1S/C26H42N2O4/c1-6-18(2)15-23(32-5)17-24(29)28-14-10-13-22(28)16-19(3)26(31)27-20(4)25(30)21-11-8-7-9-12-21/h7-9,11-12,18-20,22-23,25,30H,6,10,13-17H2,1-5H3,(H,27,31). The number of methoxy groups -OCH3 is 1. The van der Waals surface area contributed by atoms with Crippen molar-refractivity contribution in [2.24, 2.45) is 11.8 Å². The minimum atomic E-state index is -0.756. The van der Waals surface area contributed by atoms with Crippen LogP contribution in [0.25, 0.3) is 0 Å². The van der Waals surface area contributed by atoms with Crippen LogP contribution in [0, 0.1) is 11.8 Å². The van der Waals surface area contributed by atoms with Crippen molar-refractivity contribution in [2.45, 2.75) is 90.5 Å². The van der Waals surface area contributed by atoms with Crippen molar-refractivity contribution in [3.63, 3.8) is 0 Å². The third-order valence-corrected chi connectivity index (χ3v) is 6.85. The van der Waals surface area contributed by atoms with Crippen LogP contribution >= 0.6 is 0 Å². The van der Waals surface area contributed by atoms with Gasteiger partial charge < -0.3 is 20.1 Å². The first-order chi connectivity index (χ1) is 15.3. The second kappa shape index (κ2) is 12.9. The fraction of sp³-hybridized carbons (Fsp3) is 0.692. The molecule has 2 N–H and O–H groups in total. The van der Waals surface area contributed by atoms with Gasteiger partial charge >= 0.3 is 0 Å². The van der Waals surface area contributed by atoms with Crippen LogP contribution in [0.4, 0.5) is 0 Å². The summed E-state index contributed by atoms with van der Waals surface area (Å²) in [6.45, 7) is 8.81. The van der Waals surface area contributed by atoms with Crippen LogP contribution in [0.15, 0.2) is 30.3 Å². The summed E-state index contributed by atoms with van der Waals surface area (Å²) in [5.74, 6) is 0.331. The van der Waals surface area contributed by atoms with Gasteiger partial charge in [-0.15, -0.1) is 0 Å². The largest absolute Gasteiger partial charge is 0.386 e. The molecule has 1 aliphatic rings. The first kappa shape index (κ1) is 26.3. The molecule has 0 aliphatic carbocycles. The average molecular weight is 447 g/mol. The first-order valence-electron chi connectivity index (χ1n) is 12.1. The van der Waals surface area contributed by atoms with Crippen molar-refractivity contribution < 1.29 is 19.4 Å². The molecule has 1 aromatic carbocycles. The van der Waals surface area contributed by atoms with Crippen LogP contribution in [0.3, 0.4) is 0 Å². The topological polar surface area (TPSA) is 78.9 Å². The van der Waals surface area contributed by atoms with Crippen molar-refractivity contribution in [1.29, 1.82) is 0 Å². The SMILES string of the molecule is CCC(C)CC(CC(=O)N1CCCC1CC(C)C(=O)NC(C)C(O)c1ccccc1)OC. The molecule has 6 atom stereocenters. The summed E-state index contributed by atoms with van der Waals surface area (Å²) < 4.78 is 5.57. The third kappa shape index (κ3) is 7.59. The maximum Gasteiger partial charge on any atom is 0.225 e. The molecule has 1 heterocycles. The van der Waals surface area contributed by atoms with E-state index in [1.807, 2.05) is 49.1 Å². The highest BCUT2D eigenvalue weighted by Gasteiger charge is 2.33. The predicted octanol–water partition coefficient (Wildman–Crippen LogP) is 4.08. The van der Waals surface area contributed by atoms with E-state index in [0.29, 0.717) is 18.8 Å². The monoisotopic (exact) mass is 446 g/mol. The average Bonchev–Trinajstić information content (AvgIpc) is 3.26. The lowest BCUT2D eigenvalue weighted by molar-refractivity contribution is -0.136. The number of hydrogen-bond acceptors (Lipinski definition) is 4. The van der Waals surface area contributed by atoms with Gasteiger partial charge in [0.25, 0.3) is 0 Å². The van der Waals surface area contributed by atoms with Crippen LogP contribution in [0.1, 0.15) is 77.9 Å². The fourth-order valence-corrected chi connectivity index (χ4v) is 4.50. The number of nitrogens with one attached hydrogen (secondary N) is 1. The number of nitrogens with zero attached hydrogens (tertiary/aromatic N) is 1. The molecule has 1 aromatic rings. The minimum absolute atomic E-state index is 0.0558. The molecule has 180 valence electrons. The third-order valence-electron chi connectivity index (χ3n) is 6.85. The Morgan fingerprint density at radius 1 is 1.22 bits per heavy atom. The van der Waals surface area contributed by atoms with E-state index in [1.165, 1.54) is 0 Å². The van der Waals surface area contributed by atoms with E-state index < -0.39 is 12.1 Å². The first-order valence-corrected chi connectivity index (χ1v) is 12.1. The number of benzene rings is 1. The molecule has 2 rings (SSSR count). The van der Waals surface area contributed by atoms with E-state index in [1.54, 1.807) is 7.11 Å². The van der Waals surface area contributed by atoms with Crippen LogP contribution in [0.5, 0.6) is 0 Å². The normalized spacial score (nSPS) is 20.9. The van der Waals surface area contributed by atoms with Gasteiger partial charge in [-0.1, -0.05) is 57.5 Å². The molecule has 32 heavy (non-hydrogen) atoms. The molecule has 6 unspecified atom stereocenters. The van der Waals surface area contributed by atoms with Gasteiger partial charge in [0.1, 0.15) is 0 Å². The predicted molar refractivity (Wildman–Crippen MR) is 127 cm³/mol. The molecular formula is C26H42N2O4. The van der Waals surface area contributed by atoms with Crippen molar-refractivity contribution in [2.75, 3.05) is 13.7 Å². The molecule has 0 aromatic heterocycles. The molecule has 1 saturated heterocycles. The number of likely N-dealkylation sites (tertiary alicyclic amines) is 1. The van der Waals surface area contributed by atoms with E-state index in [0.717, 1.165) is 37.8 Å². The minimum Gasteiger partial charge on any atom is -0.386 e. The Labute approximate surface area is 193 Å². The maximum atomic E-state index is 13.0. The Morgan fingerprint density at radius 3 is 2.53 bits per heavy atom. The summed E-state index contributed by atoms with van der Waals surface area (Å²) in [4.78, 5) is 27.7. The highest BCUT2D eigenvalue weighted by Crippen LogP contribution is 2.26. The Hall–Kier alpha value is -1.92. The quantitative estimate of drug-likeness (QED) is 0.507. The van der Waals surface area contributed by atoms with E-state index >= 15 is 0 Å². The van der Waals surface area contributed by atoms with Gasteiger partial charge in [-0.2, -0.15) is 0 Å². The number of aliphatic hydroxyl groups is 1. The van der Waals surface area contributed by atoms with Gasteiger partial charge in [-0.25, -0.2) is 0 Å². The molecule has 1 aliphatic heterocycles. The summed E-state index contributed by atoms with van der Waals surface area (Å²) in [6.07, 6.45) is 4.08. The highest BCUT2D eigenvalue weighted by molar-refractivity contribution is 5.79. The second-order valence-electron chi connectivity index (χ2n) is 9.48. The molecule has 0 saturated carbocycles. The van der Waals surface area contributed by atoms with E-state index in [2.05, 4.69) is 19.2 Å². The number of carbonyl (C=O) groups excluding carboxylic acids is 2. The second-order valence-corrected chi connectivity index (χ2v) is 9.48. The van der Waals surface area contributed by atoms with E-state index in [-0.39, 0.29) is 29.9 Å². The number of aliphatic hydroxyl groups excluding tert-OH is 1. The molecule has 0 spiro atoms. The molecular weight excluding hydrogens is 404 g/mol. The zero-order valence-electron chi connectivity index (χ0n) is 20.4. The van der Waals surface area contributed by atoms with Crippen molar-refractivity contribution >= 4 is 11.8 Å². The molecule has 2 amide bonds. The Bertz CT molecular complexity index is 711. The number of rotatable bonds is 12. The number of amides is 2. The number of hydrogen-bond donors (Lipinski definition) is 2. The summed E-state index contributed by atoms with van der Waals surface area (Å²) in [5, 5.41) is 13.5. The lowest BCUT2D eigenvalue weighted by atomic mass is 9.96. The fourth-order valence-electron chi connectivity index (χ4n) is 4.50. The van der Waals surface area contributed by atoms with Crippen LogP contribution in [-0.2, 0) is 14.3 Å². The number of carbonyl (C=O) groups is 2. The van der Waals surface area contributed by atoms with Gasteiger partial charge in [0.05, 0.1) is 24.7 Å². The molecule has 6 heteroatoms. The Balaban J connectivity index is 1.88. The van der Waals surface area contributed by atoms with Gasteiger partial charge in [0, 0.05) is 25.6 Å². The lowest BCUT2D eigenvalue weighted by Gasteiger charge is -2.29. The summed E-state index contributed by atoms with van der Waals surface area (Å²) >= 11 is 0. The van der Waals surface area contributed by atoms with Crippen LogP contribution in [0.2, 0.25) is 0 Å². The van der Waals surface area contributed by atoms with Gasteiger partial charge in [-0.3, -0.25) is 9.59 Å². The van der Waals surface area contributed by atoms with Crippen LogP contribution in [-0.4, -0.2) is 53.7 Å². The summed E-state index contributed by atoms with van der Waals surface area (Å²) in [5.41, 5.74) is 0.783. The molecule has 6 nitrogen and oxygen atoms in total. The van der Waals surface area contributed by atoms with Crippen LogP contribution < -0.4 is 5.32 Å². The summed E-state index contributed by atoms with van der Waals surface area (Å²) in [7, 11) is 1.68. The van der Waals surface area contributed by atoms with Gasteiger partial charge in [-0.05, 0) is 44.1 Å². The van der Waals surface area contributed by atoms with Gasteiger partial charge in [0.15, 0.2) is 0 Å². The number of ether oxygens (including phenoxy) is 1. The van der Waals surface area contributed by atoms with Crippen molar-refractivity contribution in [3.05, 3.63) is 35.9 Å². The Morgan fingerprint density at radius 2 is 1.91 bits per heavy atom. The maximum absolute atomic E-state index is 13.0. The zero-order chi connectivity index (χ0) is 23.7. The smallest absolute Gasteiger partial charge is 0.225 e.